The molecule has 2 aromatic carbocycles. The fraction of sp³-hybridized carbons (Fsp3) is 0.200. The molecule has 0 fully saturated rings. The number of aromatic hydroxyl groups is 1. The number of aliphatic imine (C=N–C) groups is 1. The van der Waals surface area contributed by atoms with Gasteiger partial charge in [-0.25, -0.2) is 4.99 Å². The lowest BCUT2D eigenvalue weighted by Gasteiger charge is -2.21. The molecule has 0 atom stereocenters. The van der Waals surface area contributed by atoms with E-state index < -0.39 is 0 Å². The van der Waals surface area contributed by atoms with Crippen LogP contribution in [-0.2, 0) is 0 Å². The summed E-state index contributed by atoms with van der Waals surface area (Å²) in [5.41, 5.74) is 2.88. The Morgan fingerprint density at radius 3 is 2.68 bits per heavy atom. The van der Waals surface area contributed by atoms with Gasteiger partial charge in [0.05, 0.1) is 5.56 Å². The maximum atomic E-state index is 12.4. The van der Waals surface area contributed by atoms with Crippen molar-refractivity contribution in [3.63, 3.8) is 0 Å². The molecular formula is C20H21N3O2. The van der Waals surface area contributed by atoms with Crippen LogP contribution in [0.5, 0.6) is 5.75 Å². The minimum Gasteiger partial charge on any atom is -0.507 e. The van der Waals surface area contributed by atoms with Crippen molar-refractivity contribution in [1.29, 1.82) is 0 Å². The second kappa shape index (κ2) is 7.21. The zero-order valence-corrected chi connectivity index (χ0v) is 14.4. The lowest BCUT2D eigenvalue weighted by atomic mass is 10.1. The van der Waals surface area contributed by atoms with Gasteiger partial charge in [-0.2, -0.15) is 0 Å². The number of benzene rings is 2. The van der Waals surface area contributed by atoms with Crippen LogP contribution in [-0.4, -0.2) is 35.3 Å². The fourth-order valence-electron chi connectivity index (χ4n) is 2.87. The number of H-pyrrole nitrogens is 1. The van der Waals surface area contributed by atoms with Gasteiger partial charge in [-0.15, -0.1) is 0 Å². The number of para-hydroxylation sites is 1. The van der Waals surface area contributed by atoms with E-state index in [9.17, 15) is 9.90 Å². The van der Waals surface area contributed by atoms with E-state index in [2.05, 4.69) is 28.7 Å². The van der Waals surface area contributed by atoms with E-state index in [-0.39, 0.29) is 11.7 Å². The standard InChI is InChI=1S/C20H21N3O2/c1-3-23(4-2)15-10-9-14(19(24)11-15)12-22-20(25)17-13-21-18-8-6-5-7-16(17)18/h5-13,21,24H,3-4H2,1-2H3. The van der Waals surface area contributed by atoms with Crippen LogP contribution in [0.25, 0.3) is 10.9 Å². The number of phenols is 1. The highest BCUT2D eigenvalue weighted by atomic mass is 16.3. The second-order valence-corrected chi connectivity index (χ2v) is 5.73. The fourth-order valence-corrected chi connectivity index (χ4v) is 2.87. The summed E-state index contributed by atoms with van der Waals surface area (Å²) in [5.74, 6) is -0.232. The third-order valence-electron chi connectivity index (χ3n) is 4.28. The molecule has 128 valence electrons. The number of aromatic nitrogens is 1. The van der Waals surface area contributed by atoms with Gasteiger partial charge in [0.1, 0.15) is 5.75 Å². The molecule has 3 rings (SSSR count). The van der Waals surface area contributed by atoms with Crippen LogP contribution in [0, 0.1) is 0 Å². The predicted molar refractivity (Wildman–Crippen MR) is 102 cm³/mol. The van der Waals surface area contributed by atoms with E-state index in [1.165, 1.54) is 6.21 Å². The maximum Gasteiger partial charge on any atom is 0.279 e. The molecule has 0 spiro atoms. The Bertz CT molecular complexity index is 924. The number of hydrogen-bond acceptors (Lipinski definition) is 3. The summed E-state index contributed by atoms with van der Waals surface area (Å²) in [5, 5.41) is 11.0. The minimum absolute atomic E-state index is 0.111. The number of carbonyl (C=O) groups excluding carboxylic acids is 1. The van der Waals surface area contributed by atoms with Crippen LogP contribution in [0.3, 0.4) is 0 Å². The van der Waals surface area contributed by atoms with Crippen molar-refractivity contribution in [3.8, 4) is 5.75 Å². The van der Waals surface area contributed by atoms with E-state index in [4.69, 9.17) is 0 Å². The Kier molecular flexibility index (Phi) is 4.84. The molecule has 3 aromatic rings. The molecule has 1 heterocycles. The van der Waals surface area contributed by atoms with Gasteiger partial charge in [0, 0.05) is 53.7 Å². The molecule has 25 heavy (non-hydrogen) atoms. The average Bonchev–Trinajstić information content (AvgIpc) is 3.06. The molecule has 0 radical (unpaired) electrons. The Balaban J connectivity index is 1.83. The van der Waals surface area contributed by atoms with Crippen molar-refractivity contribution in [2.45, 2.75) is 13.8 Å². The van der Waals surface area contributed by atoms with E-state index in [1.54, 1.807) is 18.3 Å². The molecule has 0 unspecified atom stereocenters. The monoisotopic (exact) mass is 335 g/mol. The number of rotatable bonds is 5. The summed E-state index contributed by atoms with van der Waals surface area (Å²) in [6.07, 6.45) is 3.07. The zero-order chi connectivity index (χ0) is 17.8. The summed E-state index contributed by atoms with van der Waals surface area (Å²) in [6, 6.07) is 13.0. The Labute approximate surface area is 146 Å². The van der Waals surface area contributed by atoms with Crippen LogP contribution in [0.2, 0.25) is 0 Å². The van der Waals surface area contributed by atoms with E-state index >= 15 is 0 Å². The molecule has 1 aromatic heterocycles. The Morgan fingerprint density at radius 2 is 1.96 bits per heavy atom. The third-order valence-corrected chi connectivity index (χ3v) is 4.28. The van der Waals surface area contributed by atoms with Gasteiger partial charge in [0.15, 0.2) is 0 Å². The lowest BCUT2D eigenvalue weighted by Crippen LogP contribution is -2.21. The topological polar surface area (TPSA) is 68.7 Å². The van der Waals surface area contributed by atoms with Gasteiger partial charge in [0.2, 0.25) is 0 Å². The molecular weight excluding hydrogens is 314 g/mol. The molecule has 0 aliphatic carbocycles. The number of fused-ring (bicyclic) bond motifs is 1. The molecule has 0 aliphatic heterocycles. The quantitative estimate of drug-likeness (QED) is 0.693. The number of nitrogens with one attached hydrogen (secondary N) is 1. The largest absolute Gasteiger partial charge is 0.507 e. The third kappa shape index (κ3) is 3.40. The van der Waals surface area contributed by atoms with Crippen molar-refractivity contribution >= 4 is 28.7 Å². The molecule has 5 heteroatoms. The molecule has 0 saturated carbocycles. The van der Waals surface area contributed by atoms with Gasteiger partial charge >= 0.3 is 0 Å². The van der Waals surface area contributed by atoms with E-state index in [0.717, 1.165) is 29.7 Å². The first-order valence-corrected chi connectivity index (χ1v) is 8.36. The van der Waals surface area contributed by atoms with Crippen LogP contribution in [0.15, 0.2) is 53.7 Å². The number of amides is 1. The summed E-state index contributed by atoms with van der Waals surface area (Å²) < 4.78 is 0. The molecule has 0 aliphatic rings. The predicted octanol–water partition coefficient (Wildman–Crippen LogP) is 3.98. The van der Waals surface area contributed by atoms with Crippen molar-refractivity contribution in [2.24, 2.45) is 4.99 Å². The van der Waals surface area contributed by atoms with Crippen molar-refractivity contribution < 1.29 is 9.90 Å². The van der Waals surface area contributed by atoms with Gasteiger partial charge in [-0.1, -0.05) is 18.2 Å². The first kappa shape index (κ1) is 16.8. The Morgan fingerprint density at radius 1 is 1.20 bits per heavy atom. The molecule has 2 N–H and O–H groups in total. The van der Waals surface area contributed by atoms with Crippen LogP contribution < -0.4 is 4.90 Å². The lowest BCUT2D eigenvalue weighted by molar-refractivity contribution is 0.100. The summed E-state index contributed by atoms with van der Waals surface area (Å²) in [6.45, 7) is 5.86. The average molecular weight is 335 g/mol. The van der Waals surface area contributed by atoms with Crippen LogP contribution in [0.1, 0.15) is 29.8 Å². The smallest absolute Gasteiger partial charge is 0.279 e. The van der Waals surface area contributed by atoms with Crippen molar-refractivity contribution in [1.82, 2.24) is 4.98 Å². The van der Waals surface area contributed by atoms with Crippen LogP contribution in [0.4, 0.5) is 5.69 Å². The van der Waals surface area contributed by atoms with Crippen molar-refractivity contribution in [3.05, 3.63) is 59.8 Å². The number of nitrogens with zero attached hydrogens (tertiary/aromatic N) is 2. The number of aromatic amines is 1. The summed E-state index contributed by atoms with van der Waals surface area (Å²) >= 11 is 0. The number of carbonyl (C=O) groups is 1. The maximum absolute atomic E-state index is 12.4. The SMILES string of the molecule is CCN(CC)c1ccc(C=NC(=O)c2c[nH]c3ccccc23)c(O)c1. The number of phenolic OH excluding ortho intramolecular Hbond substituents is 1. The highest BCUT2D eigenvalue weighted by molar-refractivity contribution is 6.10. The minimum atomic E-state index is -0.343. The number of anilines is 1. The summed E-state index contributed by atoms with van der Waals surface area (Å²) in [4.78, 5) is 21.6. The normalized spacial score (nSPS) is 11.3. The van der Waals surface area contributed by atoms with Gasteiger partial charge < -0.3 is 15.0 Å². The molecule has 5 nitrogen and oxygen atoms in total. The first-order chi connectivity index (χ1) is 12.1. The van der Waals surface area contributed by atoms with Crippen molar-refractivity contribution in [2.75, 3.05) is 18.0 Å². The first-order valence-electron chi connectivity index (χ1n) is 8.36. The zero-order valence-electron chi connectivity index (χ0n) is 14.4. The highest BCUT2D eigenvalue weighted by Crippen LogP contribution is 2.24. The molecule has 0 saturated heterocycles. The number of hydrogen-bond donors (Lipinski definition) is 2. The van der Waals surface area contributed by atoms with Crippen LogP contribution >= 0.6 is 0 Å². The van der Waals surface area contributed by atoms with Gasteiger partial charge in [-0.05, 0) is 32.0 Å². The van der Waals surface area contributed by atoms with E-state index in [1.807, 2.05) is 30.3 Å². The van der Waals surface area contributed by atoms with E-state index in [0.29, 0.717) is 11.1 Å². The van der Waals surface area contributed by atoms with Gasteiger partial charge in [0.25, 0.3) is 5.91 Å². The summed E-state index contributed by atoms with van der Waals surface area (Å²) in [7, 11) is 0. The second-order valence-electron chi connectivity index (χ2n) is 5.73. The Hall–Kier alpha value is -3.08. The van der Waals surface area contributed by atoms with Gasteiger partial charge in [-0.3, -0.25) is 4.79 Å². The highest BCUT2D eigenvalue weighted by Gasteiger charge is 2.11. The molecule has 0 bridgehead atoms. The molecule has 1 amide bonds.